The van der Waals surface area contributed by atoms with Crippen LogP contribution in [0.25, 0.3) is 0 Å². The maximum atomic E-state index is 13.1. The molecular weight excluding hydrogens is 411 g/mol. The van der Waals surface area contributed by atoms with Crippen molar-refractivity contribution in [2.75, 3.05) is 33.1 Å². The van der Waals surface area contributed by atoms with Crippen molar-refractivity contribution in [2.45, 2.75) is 37.0 Å². The SMILES string of the molecule is CC(O)(CNCC1(c2ccc3c(c2)OCO3)CCOCC1)c1cccc(C(F)(F)F)c1. The minimum absolute atomic E-state index is 0.113. The second-order valence-electron chi connectivity index (χ2n) is 8.42. The highest BCUT2D eigenvalue weighted by molar-refractivity contribution is 5.47. The van der Waals surface area contributed by atoms with Gasteiger partial charge in [0.05, 0.1) is 11.2 Å². The molecule has 0 amide bonds. The highest BCUT2D eigenvalue weighted by Crippen LogP contribution is 2.40. The van der Waals surface area contributed by atoms with E-state index in [2.05, 4.69) is 5.32 Å². The Balaban J connectivity index is 1.49. The van der Waals surface area contributed by atoms with Crippen LogP contribution in [-0.4, -0.2) is 38.2 Å². The van der Waals surface area contributed by atoms with Gasteiger partial charge >= 0.3 is 6.18 Å². The Kier molecular flexibility index (Phi) is 5.89. The van der Waals surface area contributed by atoms with E-state index in [1.165, 1.54) is 19.1 Å². The summed E-state index contributed by atoms with van der Waals surface area (Å²) >= 11 is 0. The maximum Gasteiger partial charge on any atom is 0.416 e. The Morgan fingerprint density at radius 3 is 2.45 bits per heavy atom. The minimum atomic E-state index is -4.45. The first-order chi connectivity index (χ1) is 14.7. The van der Waals surface area contributed by atoms with Gasteiger partial charge in [-0.1, -0.05) is 18.2 Å². The van der Waals surface area contributed by atoms with Crippen molar-refractivity contribution in [2.24, 2.45) is 0 Å². The van der Waals surface area contributed by atoms with Crippen LogP contribution in [-0.2, 0) is 21.9 Å². The zero-order valence-electron chi connectivity index (χ0n) is 17.3. The molecule has 0 saturated carbocycles. The van der Waals surface area contributed by atoms with Crippen LogP contribution in [0, 0.1) is 0 Å². The predicted molar refractivity (Wildman–Crippen MR) is 108 cm³/mol. The van der Waals surface area contributed by atoms with Gasteiger partial charge in [-0.2, -0.15) is 13.2 Å². The molecule has 2 aromatic rings. The molecule has 2 aromatic carbocycles. The van der Waals surface area contributed by atoms with Crippen LogP contribution in [0.1, 0.15) is 36.5 Å². The van der Waals surface area contributed by atoms with Crippen LogP contribution >= 0.6 is 0 Å². The van der Waals surface area contributed by atoms with Crippen LogP contribution in [0.3, 0.4) is 0 Å². The lowest BCUT2D eigenvalue weighted by Gasteiger charge is -2.39. The second kappa shape index (κ2) is 8.33. The number of halogens is 3. The molecule has 0 spiro atoms. The highest BCUT2D eigenvalue weighted by atomic mass is 19.4. The molecule has 2 aliphatic rings. The van der Waals surface area contributed by atoms with Gasteiger partial charge in [0.15, 0.2) is 11.5 Å². The van der Waals surface area contributed by atoms with Crippen molar-refractivity contribution in [3.8, 4) is 11.5 Å². The molecule has 4 rings (SSSR count). The molecule has 0 aromatic heterocycles. The summed E-state index contributed by atoms with van der Waals surface area (Å²) in [6.07, 6.45) is -2.89. The van der Waals surface area contributed by atoms with Gasteiger partial charge in [-0.05, 0) is 55.2 Å². The molecule has 2 aliphatic heterocycles. The Bertz CT molecular complexity index is 923. The van der Waals surface area contributed by atoms with Gasteiger partial charge < -0.3 is 24.6 Å². The average molecular weight is 437 g/mol. The molecule has 1 unspecified atom stereocenters. The summed E-state index contributed by atoms with van der Waals surface area (Å²) in [6.45, 7) is 3.60. The number of hydrogen-bond acceptors (Lipinski definition) is 5. The Morgan fingerprint density at radius 1 is 1.00 bits per heavy atom. The van der Waals surface area contributed by atoms with E-state index in [-0.39, 0.29) is 24.3 Å². The second-order valence-corrected chi connectivity index (χ2v) is 8.42. The number of fused-ring (bicyclic) bond motifs is 1. The smallest absolute Gasteiger partial charge is 0.416 e. The highest BCUT2D eigenvalue weighted by Gasteiger charge is 2.37. The molecule has 1 fully saturated rings. The molecule has 2 heterocycles. The molecule has 0 bridgehead atoms. The van der Waals surface area contributed by atoms with E-state index >= 15 is 0 Å². The van der Waals surface area contributed by atoms with Crippen LogP contribution in [0.15, 0.2) is 42.5 Å². The number of rotatable bonds is 6. The van der Waals surface area contributed by atoms with Crippen molar-refractivity contribution in [3.05, 3.63) is 59.2 Å². The molecule has 1 saturated heterocycles. The molecule has 5 nitrogen and oxygen atoms in total. The quantitative estimate of drug-likeness (QED) is 0.716. The van der Waals surface area contributed by atoms with Crippen molar-refractivity contribution in [1.29, 1.82) is 0 Å². The van der Waals surface area contributed by atoms with Crippen molar-refractivity contribution < 1.29 is 32.5 Å². The summed E-state index contributed by atoms with van der Waals surface area (Å²) in [6, 6.07) is 10.7. The van der Waals surface area contributed by atoms with Gasteiger partial charge in [0, 0.05) is 31.7 Å². The monoisotopic (exact) mass is 437 g/mol. The fourth-order valence-corrected chi connectivity index (χ4v) is 4.23. The third kappa shape index (κ3) is 4.66. The third-order valence-electron chi connectivity index (χ3n) is 6.18. The van der Waals surface area contributed by atoms with Crippen molar-refractivity contribution in [3.63, 3.8) is 0 Å². The standard InChI is InChI=1S/C23H26F3NO4/c1-21(28,16-3-2-4-18(11-16)23(24,25)26)13-27-14-22(7-9-29-10-8-22)17-5-6-19-20(12-17)31-15-30-19/h2-6,11-12,27-28H,7-10,13-15H2,1H3. The summed E-state index contributed by atoms with van der Waals surface area (Å²) < 4.78 is 55.7. The van der Waals surface area contributed by atoms with E-state index in [4.69, 9.17) is 14.2 Å². The number of nitrogens with one attached hydrogen (secondary N) is 1. The Labute approximate surface area is 179 Å². The molecule has 8 heteroatoms. The van der Waals surface area contributed by atoms with Gasteiger partial charge in [-0.25, -0.2) is 0 Å². The van der Waals surface area contributed by atoms with Crippen LogP contribution in [0.2, 0.25) is 0 Å². The van der Waals surface area contributed by atoms with Crippen LogP contribution in [0.5, 0.6) is 11.5 Å². The summed E-state index contributed by atoms with van der Waals surface area (Å²) in [4.78, 5) is 0. The maximum absolute atomic E-state index is 13.1. The minimum Gasteiger partial charge on any atom is -0.454 e. The molecule has 31 heavy (non-hydrogen) atoms. The number of benzene rings is 2. The van der Waals surface area contributed by atoms with Gasteiger partial charge in [-0.15, -0.1) is 0 Å². The summed E-state index contributed by atoms with van der Waals surface area (Å²) in [5, 5.41) is 14.2. The normalized spacial score (nSPS) is 19.8. The molecule has 0 radical (unpaired) electrons. The largest absolute Gasteiger partial charge is 0.454 e. The number of ether oxygens (including phenoxy) is 3. The predicted octanol–water partition coefficient (Wildman–Crippen LogP) is 3.98. The van der Waals surface area contributed by atoms with Crippen molar-refractivity contribution >= 4 is 0 Å². The van der Waals surface area contributed by atoms with Gasteiger partial charge in [-0.3, -0.25) is 0 Å². The zero-order valence-corrected chi connectivity index (χ0v) is 17.3. The first-order valence-electron chi connectivity index (χ1n) is 10.3. The lowest BCUT2D eigenvalue weighted by atomic mass is 9.74. The zero-order chi connectivity index (χ0) is 22.1. The lowest BCUT2D eigenvalue weighted by Crippen LogP contribution is -2.46. The molecule has 0 aliphatic carbocycles. The number of aliphatic hydroxyl groups is 1. The van der Waals surface area contributed by atoms with Gasteiger partial charge in [0.2, 0.25) is 6.79 Å². The van der Waals surface area contributed by atoms with E-state index in [0.717, 1.165) is 30.5 Å². The lowest BCUT2D eigenvalue weighted by molar-refractivity contribution is -0.137. The van der Waals surface area contributed by atoms with E-state index in [1.54, 1.807) is 0 Å². The van der Waals surface area contributed by atoms with Crippen LogP contribution in [0.4, 0.5) is 13.2 Å². The molecule has 2 N–H and O–H groups in total. The summed E-state index contributed by atoms with van der Waals surface area (Å²) in [7, 11) is 0. The topological polar surface area (TPSA) is 60.0 Å². The van der Waals surface area contributed by atoms with Crippen molar-refractivity contribution in [1.82, 2.24) is 5.32 Å². The summed E-state index contributed by atoms with van der Waals surface area (Å²) in [5.41, 5.74) is -1.15. The number of alkyl halides is 3. The fourth-order valence-electron chi connectivity index (χ4n) is 4.23. The molecule has 1 atom stereocenters. The van der Waals surface area contributed by atoms with E-state index in [0.29, 0.717) is 31.3 Å². The summed E-state index contributed by atoms with van der Waals surface area (Å²) in [5.74, 6) is 1.42. The van der Waals surface area contributed by atoms with E-state index < -0.39 is 17.3 Å². The Hall–Kier alpha value is -2.29. The fraction of sp³-hybridized carbons (Fsp3) is 0.478. The number of hydrogen-bond donors (Lipinski definition) is 2. The van der Waals surface area contributed by atoms with E-state index in [1.807, 2.05) is 18.2 Å². The van der Waals surface area contributed by atoms with Crippen LogP contribution < -0.4 is 14.8 Å². The van der Waals surface area contributed by atoms with Gasteiger partial charge in [0.1, 0.15) is 0 Å². The third-order valence-corrected chi connectivity index (χ3v) is 6.18. The molecule has 168 valence electrons. The average Bonchev–Trinajstić information content (AvgIpc) is 3.22. The first-order valence-corrected chi connectivity index (χ1v) is 10.3. The van der Waals surface area contributed by atoms with E-state index in [9.17, 15) is 18.3 Å². The Morgan fingerprint density at radius 2 is 1.71 bits per heavy atom. The van der Waals surface area contributed by atoms with Gasteiger partial charge in [0.25, 0.3) is 0 Å². The molecular formula is C23H26F3NO4. The first kappa shape index (κ1) is 21.9.